The normalized spacial score (nSPS) is 11.8. The lowest BCUT2D eigenvalue weighted by molar-refractivity contribution is -0.149. The van der Waals surface area contributed by atoms with Gasteiger partial charge in [0.2, 0.25) is 0 Å². The second-order valence-corrected chi connectivity index (χ2v) is 10.4. The summed E-state index contributed by atoms with van der Waals surface area (Å²) in [6.07, 6.45) is 0. The van der Waals surface area contributed by atoms with Gasteiger partial charge < -0.3 is 24.4 Å². The Morgan fingerprint density at radius 1 is 1.02 bits per heavy atom. The smallest absolute Gasteiger partial charge is 0.331 e. The summed E-state index contributed by atoms with van der Waals surface area (Å²) >= 11 is 0. The molecule has 2 heterocycles. The van der Waals surface area contributed by atoms with Crippen molar-refractivity contribution >= 4 is 50.4 Å². The fraction of sp³-hybridized carbons (Fsp3) is 0.281. The summed E-state index contributed by atoms with van der Waals surface area (Å²) in [5.41, 5.74) is 2.48. The van der Waals surface area contributed by atoms with Crippen LogP contribution in [0, 0.1) is 5.82 Å². The number of ether oxygens (including phenoxy) is 1. The summed E-state index contributed by atoms with van der Waals surface area (Å²) in [5.74, 6) is -1.39. The monoisotopic (exact) mass is 557 g/mol. The van der Waals surface area contributed by atoms with E-state index in [4.69, 9.17) is 9.15 Å². The first-order chi connectivity index (χ1) is 19.6. The molecule has 41 heavy (non-hydrogen) atoms. The molecule has 212 valence electrons. The number of nitrogens with one attached hydrogen (secondary N) is 2. The number of esters is 1. The molecule has 0 spiro atoms. The second-order valence-electron chi connectivity index (χ2n) is 10.4. The van der Waals surface area contributed by atoms with Crippen LogP contribution in [0.3, 0.4) is 0 Å². The van der Waals surface area contributed by atoms with Gasteiger partial charge >= 0.3 is 5.97 Å². The summed E-state index contributed by atoms with van der Waals surface area (Å²) in [7, 11) is 0. The van der Waals surface area contributed by atoms with Crippen LogP contribution in [0.5, 0.6) is 0 Å². The van der Waals surface area contributed by atoms with Crippen LogP contribution in [0.15, 0.2) is 63.8 Å². The third-order valence-electron chi connectivity index (χ3n) is 7.26. The minimum atomic E-state index is -1.21. The van der Waals surface area contributed by atoms with Crippen molar-refractivity contribution in [3.8, 4) is 11.1 Å². The Labute approximate surface area is 236 Å². The fourth-order valence-corrected chi connectivity index (χ4v) is 5.15. The van der Waals surface area contributed by atoms with Crippen molar-refractivity contribution in [3.05, 3.63) is 76.3 Å². The lowest BCUT2D eigenvalue weighted by Crippen LogP contribution is -2.50. The first kappa shape index (κ1) is 27.9. The van der Waals surface area contributed by atoms with Gasteiger partial charge in [-0.15, -0.1) is 0 Å². The van der Waals surface area contributed by atoms with E-state index in [1.54, 1.807) is 45.0 Å². The van der Waals surface area contributed by atoms with Crippen LogP contribution in [0.1, 0.15) is 45.0 Å². The zero-order valence-corrected chi connectivity index (χ0v) is 23.7. The van der Waals surface area contributed by atoms with E-state index in [1.807, 2.05) is 32.0 Å². The SMILES string of the molecule is CCOC(=O)C(C)(C)NC(=O)c1cccc(-c2cc3c(cc2N(CC)CC)oc2c4ccc(F)cc4[nH]c(=O)c32)c1. The first-order valence-corrected chi connectivity index (χ1v) is 13.6. The number of hydrogen-bond donors (Lipinski definition) is 2. The van der Waals surface area contributed by atoms with Crippen LogP contribution < -0.4 is 15.8 Å². The van der Waals surface area contributed by atoms with Crippen molar-refractivity contribution in [1.29, 1.82) is 0 Å². The third-order valence-corrected chi connectivity index (χ3v) is 7.26. The molecule has 0 unspecified atom stereocenters. The predicted molar refractivity (Wildman–Crippen MR) is 159 cm³/mol. The predicted octanol–water partition coefficient (Wildman–Crippen LogP) is 6.15. The van der Waals surface area contributed by atoms with Gasteiger partial charge in [-0.25, -0.2) is 9.18 Å². The number of H-pyrrole nitrogens is 1. The van der Waals surface area contributed by atoms with E-state index in [2.05, 4.69) is 15.2 Å². The number of halogens is 1. The molecule has 0 atom stereocenters. The molecule has 9 heteroatoms. The number of amides is 1. The largest absolute Gasteiger partial charge is 0.464 e. The number of anilines is 1. The summed E-state index contributed by atoms with van der Waals surface area (Å²) < 4.78 is 25.2. The molecular formula is C32H32FN3O5. The van der Waals surface area contributed by atoms with Crippen molar-refractivity contribution in [3.63, 3.8) is 0 Å². The summed E-state index contributed by atoms with van der Waals surface area (Å²) in [6.45, 7) is 10.6. The van der Waals surface area contributed by atoms with Gasteiger partial charge in [-0.2, -0.15) is 0 Å². The molecule has 5 rings (SSSR count). The maximum Gasteiger partial charge on any atom is 0.331 e. The maximum absolute atomic E-state index is 13.9. The number of pyridine rings is 1. The highest BCUT2D eigenvalue weighted by molar-refractivity contribution is 6.15. The molecule has 0 bridgehead atoms. The van der Waals surface area contributed by atoms with Crippen LogP contribution in [0.4, 0.5) is 10.1 Å². The van der Waals surface area contributed by atoms with Crippen molar-refractivity contribution in [2.24, 2.45) is 0 Å². The number of rotatable bonds is 8. The fourth-order valence-electron chi connectivity index (χ4n) is 5.15. The quantitative estimate of drug-likeness (QED) is 0.222. The summed E-state index contributed by atoms with van der Waals surface area (Å²) in [5, 5.41) is 4.35. The van der Waals surface area contributed by atoms with Crippen LogP contribution >= 0.6 is 0 Å². The molecule has 0 aliphatic rings. The molecule has 0 radical (unpaired) electrons. The van der Waals surface area contributed by atoms with Crippen molar-refractivity contribution in [1.82, 2.24) is 10.3 Å². The number of furan rings is 1. The molecule has 2 aromatic heterocycles. The number of nitrogens with zero attached hydrogens (tertiary/aromatic N) is 1. The molecule has 8 nitrogen and oxygen atoms in total. The molecule has 0 aliphatic heterocycles. The summed E-state index contributed by atoms with van der Waals surface area (Å²) in [6, 6.07) is 15.1. The molecule has 5 aromatic rings. The Kier molecular flexibility index (Phi) is 7.29. The van der Waals surface area contributed by atoms with E-state index in [-0.39, 0.29) is 12.2 Å². The maximum atomic E-state index is 13.9. The van der Waals surface area contributed by atoms with Gasteiger partial charge in [-0.3, -0.25) is 9.59 Å². The van der Waals surface area contributed by atoms with Crippen molar-refractivity contribution in [2.75, 3.05) is 24.6 Å². The molecule has 0 saturated heterocycles. The minimum absolute atomic E-state index is 0.211. The van der Waals surface area contributed by atoms with Crippen molar-refractivity contribution < 1.29 is 23.1 Å². The van der Waals surface area contributed by atoms with Gasteiger partial charge in [-0.05, 0) is 76.6 Å². The Morgan fingerprint density at radius 3 is 2.49 bits per heavy atom. The van der Waals surface area contributed by atoms with Gasteiger partial charge in [0.1, 0.15) is 22.5 Å². The highest BCUT2D eigenvalue weighted by Gasteiger charge is 2.31. The number of benzene rings is 3. The average Bonchev–Trinajstić information content (AvgIpc) is 3.32. The van der Waals surface area contributed by atoms with E-state index in [0.717, 1.165) is 16.8 Å². The Morgan fingerprint density at radius 2 is 1.78 bits per heavy atom. The standard InChI is InChI=1S/C32H32FN3O5/c1-6-36(7-2)25-17-26-23(27-28(41-26)21-13-12-20(33)15-24(21)34-30(27)38)16-22(25)18-10-9-11-19(14-18)29(37)35-32(4,5)31(39)40-8-3/h9-17H,6-8H2,1-5H3,(H,34,38)(H,35,37). The van der Waals surface area contributed by atoms with Crippen LogP contribution in [-0.2, 0) is 9.53 Å². The highest BCUT2D eigenvalue weighted by Crippen LogP contribution is 2.40. The highest BCUT2D eigenvalue weighted by atomic mass is 19.1. The summed E-state index contributed by atoms with van der Waals surface area (Å²) in [4.78, 5) is 43.7. The number of carbonyl (C=O) groups excluding carboxylic acids is 2. The van der Waals surface area contributed by atoms with Gasteiger partial charge in [0.05, 0.1) is 17.5 Å². The molecule has 0 fully saturated rings. The number of hydrogen-bond acceptors (Lipinski definition) is 6. The topological polar surface area (TPSA) is 105 Å². The number of carbonyl (C=O) groups is 2. The first-order valence-electron chi connectivity index (χ1n) is 13.6. The van der Waals surface area contributed by atoms with Gasteiger partial charge in [0, 0.05) is 46.7 Å². The molecule has 0 saturated carbocycles. The lowest BCUT2D eigenvalue weighted by atomic mass is 9.97. The zero-order chi connectivity index (χ0) is 29.5. The molecule has 0 aliphatic carbocycles. The van der Waals surface area contributed by atoms with E-state index < -0.39 is 23.2 Å². The second kappa shape index (κ2) is 10.7. The molecular weight excluding hydrogens is 525 g/mol. The number of aromatic nitrogens is 1. The average molecular weight is 558 g/mol. The van der Waals surface area contributed by atoms with E-state index in [9.17, 15) is 18.8 Å². The Bertz CT molecular complexity index is 1870. The van der Waals surface area contributed by atoms with E-state index >= 15 is 0 Å². The lowest BCUT2D eigenvalue weighted by Gasteiger charge is -2.25. The molecule has 1 amide bonds. The third kappa shape index (κ3) is 5.03. The van der Waals surface area contributed by atoms with Crippen LogP contribution in [-0.4, -0.2) is 42.1 Å². The van der Waals surface area contributed by atoms with Gasteiger partial charge in [-0.1, -0.05) is 12.1 Å². The minimum Gasteiger partial charge on any atom is -0.464 e. The van der Waals surface area contributed by atoms with Gasteiger partial charge in [0.15, 0.2) is 0 Å². The van der Waals surface area contributed by atoms with E-state index in [1.165, 1.54) is 12.1 Å². The zero-order valence-electron chi connectivity index (χ0n) is 23.7. The molecule has 2 N–H and O–H groups in total. The molecule has 3 aromatic carbocycles. The number of aromatic amines is 1. The van der Waals surface area contributed by atoms with Crippen molar-refractivity contribution in [2.45, 2.75) is 40.2 Å². The van der Waals surface area contributed by atoms with Gasteiger partial charge in [0.25, 0.3) is 11.5 Å². The van der Waals surface area contributed by atoms with Crippen LogP contribution in [0.25, 0.3) is 44.0 Å². The number of fused-ring (bicyclic) bond motifs is 5. The van der Waals surface area contributed by atoms with Crippen LogP contribution in [0.2, 0.25) is 0 Å². The van der Waals surface area contributed by atoms with E-state index in [0.29, 0.717) is 51.5 Å². The Hall–Kier alpha value is -4.66. The Balaban J connectivity index is 1.68.